The van der Waals surface area contributed by atoms with E-state index in [0.29, 0.717) is 28.5 Å². The first kappa shape index (κ1) is 12.5. The molecule has 0 radical (unpaired) electrons. The average Bonchev–Trinajstić information content (AvgIpc) is 2.34. The summed E-state index contributed by atoms with van der Waals surface area (Å²) in [5, 5.41) is 3.93. The van der Waals surface area contributed by atoms with Gasteiger partial charge in [0.25, 0.3) is 0 Å². The van der Waals surface area contributed by atoms with E-state index in [1.807, 2.05) is 0 Å². The van der Waals surface area contributed by atoms with Crippen molar-refractivity contribution in [2.75, 3.05) is 24.3 Å². The first-order valence-electron chi connectivity index (χ1n) is 5.92. The van der Waals surface area contributed by atoms with Gasteiger partial charge in [0.05, 0.1) is 16.9 Å². The predicted molar refractivity (Wildman–Crippen MR) is 70.3 cm³/mol. The molecule has 0 amide bonds. The molecule has 1 unspecified atom stereocenters. The van der Waals surface area contributed by atoms with Gasteiger partial charge in [-0.2, -0.15) is 0 Å². The van der Waals surface area contributed by atoms with Crippen molar-refractivity contribution in [3.63, 3.8) is 0 Å². The molecule has 0 saturated carbocycles. The van der Waals surface area contributed by atoms with E-state index >= 15 is 0 Å². The first-order chi connectivity index (χ1) is 8.16. The van der Waals surface area contributed by atoms with Gasteiger partial charge in [-0.25, -0.2) is 4.98 Å². The fraction of sp³-hybridized carbons (Fsp3) is 0.583. The topological polar surface area (TPSA) is 60.2 Å². The molecule has 94 valence electrons. The molecule has 1 aliphatic heterocycles. The largest absolute Gasteiger partial charge is 0.397 e. The molecule has 0 spiro atoms. The number of anilines is 2. The Labute approximate surface area is 107 Å². The zero-order chi connectivity index (χ0) is 12.3. The van der Waals surface area contributed by atoms with Crippen molar-refractivity contribution in [1.82, 2.24) is 4.98 Å². The normalized spacial score (nSPS) is 18.9. The number of nitrogens with two attached hydrogens (primary N) is 1. The summed E-state index contributed by atoms with van der Waals surface area (Å²) in [7, 11) is 0. The highest BCUT2D eigenvalue weighted by Gasteiger charge is 2.21. The molecule has 0 bridgehead atoms. The molecule has 1 aliphatic rings. The Kier molecular flexibility index (Phi) is 4.07. The Morgan fingerprint density at radius 1 is 1.53 bits per heavy atom. The van der Waals surface area contributed by atoms with E-state index in [1.165, 1.54) is 0 Å². The minimum absolute atomic E-state index is 0.340. The van der Waals surface area contributed by atoms with E-state index < -0.39 is 0 Å². The van der Waals surface area contributed by atoms with Crippen LogP contribution in [-0.2, 0) is 4.74 Å². The average molecular weight is 256 g/mol. The zero-order valence-corrected chi connectivity index (χ0v) is 10.7. The lowest BCUT2D eigenvalue weighted by atomic mass is 9.93. The van der Waals surface area contributed by atoms with Crippen molar-refractivity contribution in [3.8, 4) is 0 Å². The van der Waals surface area contributed by atoms with Crippen molar-refractivity contribution in [2.45, 2.75) is 25.8 Å². The quantitative estimate of drug-likeness (QED) is 0.872. The number of hydrogen-bond donors (Lipinski definition) is 2. The second-order valence-electron chi connectivity index (χ2n) is 4.48. The molecule has 2 heterocycles. The van der Waals surface area contributed by atoms with Crippen molar-refractivity contribution in [2.24, 2.45) is 5.92 Å². The molecule has 1 saturated heterocycles. The second-order valence-corrected chi connectivity index (χ2v) is 4.89. The molecular weight excluding hydrogens is 238 g/mol. The lowest BCUT2D eigenvalue weighted by molar-refractivity contribution is 0.0622. The maximum Gasteiger partial charge on any atom is 0.145 e. The van der Waals surface area contributed by atoms with Crippen LogP contribution in [0.4, 0.5) is 11.5 Å². The molecule has 5 heteroatoms. The Balaban J connectivity index is 1.99. The summed E-state index contributed by atoms with van der Waals surface area (Å²) in [6.45, 7) is 3.85. The van der Waals surface area contributed by atoms with Crippen LogP contribution in [0.1, 0.15) is 19.8 Å². The molecular formula is C12H18ClN3O. The highest BCUT2D eigenvalue weighted by molar-refractivity contribution is 6.33. The zero-order valence-electron chi connectivity index (χ0n) is 9.95. The monoisotopic (exact) mass is 255 g/mol. The van der Waals surface area contributed by atoms with Gasteiger partial charge in [-0.1, -0.05) is 11.6 Å². The number of pyridine rings is 1. The van der Waals surface area contributed by atoms with Crippen LogP contribution in [0.15, 0.2) is 12.3 Å². The molecule has 0 aromatic carbocycles. The SMILES string of the molecule is CC(Nc1ncc(N)cc1Cl)C1CCOCC1. The minimum Gasteiger partial charge on any atom is -0.397 e. The molecule has 2 rings (SSSR count). The standard InChI is InChI=1S/C12H18ClN3O/c1-8(9-2-4-17-5-3-9)16-12-11(13)6-10(14)7-15-12/h6-9H,2-5,14H2,1H3,(H,15,16). The van der Waals surface area contributed by atoms with Gasteiger partial charge >= 0.3 is 0 Å². The summed E-state index contributed by atoms with van der Waals surface area (Å²) in [5.74, 6) is 1.32. The highest BCUT2D eigenvalue weighted by Crippen LogP contribution is 2.25. The second kappa shape index (κ2) is 5.56. The van der Waals surface area contributed by atoms with Gasteiger partial charge in [-0.3, -0.25) is 0 Å². The number of nitrogens with zero attached hydrogens (tertiary/aromatic N) is 1. The van der Waals surface area contributed by atoms with Crippen molar-refractivity contribution < 1.29 is 4.74 Å². The number of hydrogen-bond acceptors (Lipinski definition) is 4. The third-order valence-corrected chi connectivity index (χ3v) is 3.49. The van der Waals surface area contributed by atoms with E-state index in [2.05, 4.69) is 17.2 Å². The van der Waals surface area contributed by atoms with Crippen LogP contribution in [0.2, 0.25) is 5.02 Å². The number of ether oxygens (including phenoxy) is 1. The number of nitrogens with one attached hydrogen (secondary N) is 1. The van der Waals surface area contributed by atoms with Gasteiger partial charge in [-0.15, -0.1) is 0 Å². The highest BCUT2D eigenvalue weighted by atomic mass is 35.5. The third-order valence-electron chi connectivity index (χ3n) is 3.20. The lowest BCUT2D eigenvalue weighted by Crippen LogP contribution is -2.31. The Hall–Kier alpha value is -1.00. The van der Waals surface area contributed by atoms with Gasteiger partial charge in [0.1, 0.15) is 5.82 Å². The van der Waals surface area contributed by atoms with Gasteiger partial charge in [0.15, 0.2) is 0 Å². The summed E-state index contributed by atoms with van der Waals surface area (Å²) >= 11 is 6.08. The Bertz CT molecular complexity index is 380. The van der Waals surface area contributed by atoms with E-state index in [1.54, 1.807) is 12.3 Å². The summed E-state index contributed by atoms with van der Waals surface area (Å²) in [6, 6.07) is 2.06. The molecule has 1 fully saturated rings. The maximum atomic E-state index is 6.08. The van der Waals surface area contributed by atoms with E-state index in [4.69, 9.17) is 22.1 Å². The van der Waals surface area contributed by atoms with Crippen LogP contribution in [0.25, 0.3) is 0 Å². The van der Waals surface area contributed by atoms with Crippen LogP contribution in [0.3, 0.4) is 0 Å². The van der Waals surface area contributed by atoms with Crippen LogP contribution in [0, 0.1) is 5.92 Å². The van der Waals surface area contributed by atoms with E-state index in [0.717, 1.165) is 26.1 Å². The molecule has 1 atom stereocenters. The first-order valence-corrected chi connectivity index (χ1v) is 6.30. The molecule has 1 aromatic heterocycles. The van der Waals surface area contributed by atoms with Crippen LogP contribution < -0.4 is 11.1 Å². The summed E-state index contributed by atoms with van der Waals surface area (Å²) in [6.07, 6.45) is 3.78. The number of aromatic nitrogens is 1. The van der Waals surface area contributed by atoms with Crippen LogP contribution >= 0.6 is 11.6 Å². The molecule has 1 aromatic rings. The van der Waals surface area contributed by atoms with Crippen LogP contribution in [-0.4, -0.2) is 24.2 Å². The molecule has 3 N–H and O–H groups in total. The van der Waals surface area contributed by atoms with Gasteiger partial charge in [-0.05, 0) is 31.7 Å². The number of nitrogen functional groups attached to an aromatic ring is 1. The third kappa shape index (κ3) is 3.23. The van der Waals surface area contributed by atoms with Crippen molar-refractivity contribution in [1.29, 1.82) is 0 Å². The van der Waals surface area contributed by atoms with Gasteiger partial charge < -0.3 is 15.8 Å². The predicted octanol–water partition coefficient (Wildman–Crippen LogP) is 2.54. The maximum absolute atomic E-state index is 6.08. The van der Waals surface area contributed by atoms with Crippen molar-refractivity contribution >= 4 is 23.1 Å². The summed E-state index contributed by atoms with van der Waals surface area (Å²) in [5.41, 5.74) is 6.19. The van der Waals surface area contributed by atoms with Crippen LogP contribution in [0.5, 0.6) is 0 Å². The smallest absolute Gasteiger partial charge is 0.145 e. The van der Waals surface area contributed by atoms with Gasteiger partial charge in [0, 0.05) is 19.3 Å². The number of halogens is 1. The minimum atomic E-state index is 0.340. The van der Waals surface area contributed by atoms with Crippen molar-refractivity contribution in [3.05, 3.63) is 17.3 Å². The number of rotatable bonds is 3. The Morgan fingerprint density at radius 2 is 2.24 bits per heavy atom. The summed E-state index contributed by atoms with van der Waals surface area (Å²) < 4.78 is 5.35. The van der Waals surface area contributed by atoms with E-state index in [9.17, 15) is 0 Å². The fourth-order valence-corrected chi connectivity index (χ4v) is 2.34. The lowest BCUT2D eigenvalue weighted by Gasteiger charge is -2.28. The summed E-state index contributed by atoms with van der Waals surface area (Å²) in [4.78, 5) is 4.21. The fourth-order valence-electron chi connectivity index (χ4n) is 2.11. The van der Waals surface area contributed by atoms with Gasteiger partial charge in [0.2, 0.25) is 0 Å². The van der Waals surface area contributed by atoms with E-state index in [-0.39, 0.29) is 0 Å². The molecule has 17 heavy (non-hydrogen) atoms. The Morgan fingerprint density at radius 3 is 2.88 bits per heavy atom. The molecule has 4 nitrogen and oxygen atoms in total. The molecule has 0 aliphatic carbocycles.